The predicted octanol–water partition coefficient (Wildman–Crippen LogP) is 0.253. The molecule has 1 fully saturated rings. The third-order valence-electron chi connectivity index (χ3n) is 3.58. The van der Waals surface area contributed by atoms with Crippen LogP contribution in [0, 0.1) is 0 Å². The van der Waals surface area contributed by atoms with Gasteiger partial charge in [-0.05, 0) is 24.8 Å². The number of pyridine rings is 1. The van der Waals surface area contributed by atoms with Gasteiger partial charge in [-0.2, -0.15) is 0 Å². The molecular weight excluding hydrogens is 296 g/mol. The Morgan fingerprint density at radius 2 is 1.96 bits per heavy atom. The Morgan fingerprint density at radius 3 is 2.52 bits per heavy atom. The summed E-state index contributed by atoms with van der Waals surface area (Å²) in [5, 5.41) is 9.27. The number of carbonyl (C=O) groups is 2. The van der Waals surface area contributed by atoms with Gasteiger partial charge in [0.05, 0.1) is 5.69 Å². The van der Waals surface area contributed by atoms with Crippen LogP contribution in [-0.2, 0) is 9.59 Å². The lowest BCUT2D eigenvalue weighted by Crippen LogP contribution is -2.46. The van der Waals surface area contributed by atoms with Gasteiger partial charge in [-0.25, -0.2) is 0 Å². The number of amides is 2. The van der Waals surface area contributed by atoms with Gasteiger partial charge in [-0.15, -0.1) is 0 Å². The summed E-state index contributed by atoms with van der Waals surface area (Å²) in [5.74, 6) is -1.48. The van der Waals surface area contributed by atoms with Gasteiger partial charge in [0.15, 0.2) is 5.76 Å². The van der Waals surface area contributed by atoms with Crippen LogP contribution < -0.4 is 5.73 Å². The van der Waals surface area contributed by atoms with Crippen molar-refractivity contribution in [3.8, 4) is 0 Å². The van der Waals surface area contributed by atoms with Crippen molar-refractivity contribution < 1.29 is 14.7 Å². The molecular formula is C16H20N4O3. The number of aliphatic hydroxyl groups is 1. The molecule has 0 aromatic carbocycles. The first-order chi connectivity index (χ1) is 11.0. The fourth-order valence-electron chi connectivity index (χ4n) is 2.11. The quantitative estimate of drug-likeness (QED) is 0.613. The minimum atomic E-state index is -0.909. The molecule has 0 radical (unpaired) electrons. The van der Waals surface area contributed by atoms with Crippen LogP contribution in [-0.4, -0.2) is 64.9 Å². The van der Waals surface area contributed by atoms with Crippen LogP contribution in [0.4, 0.5) is 0 Å². The van der Waals surface area contributed by atoms with Crippen LogP contribution >= 0.6 is 0 Å². The van der Waals surface area contributed by atoms with Crippen LogP contribution in [0.5, 0.6) is 0 Å². The lowest BCUT2D eigenvalue weighted by molar-refractivity contribution is -0.127. The SMILES string of the molecule is CN1CCN(C(=O)/C=C/c2ccc(/C=C(\O)C(N)=O)nc2)CC1. The molecule has 0 saturated carbocycles. The van der Waals surface area contributed by atoms with Gasteiger partial charge in [0, 0.05) is 44.5 Å². The number of aliphatic hydroxyl groups excluding tert-OH is 1. The smallest absolute Gasteiger partial charge is 0.283 e. The van der Waals surface area contributed by atoms with Crippen molar-refractivity contribution in [2.75, 3.05) is 33.2 Å². The summed E-state index contributed by atoms with van der Waals surface area (Å²) >= 11 is 0. The number of primary amides is 1. The molecule has 2 amide bonds. The first kappa shape index (κ1) is 16.7. The number of carbonyl (C=O) groups excluding carboxylic acids is 2. The van der Waals surface area contributed by atoms with E-state index in [-0.39, 0.29) is 5.91 Å². The largest absolute Gasteiger partial charge is 0.503 e. The number of aromatic nitrogens is 1. The Morgan fingerprint density at radius 1 is 1.26 bits per heavy atom. The maximum absolute atomic E-state index is 12.1. The predicted molar refractivity (Wildman–Crippen MR) is 87.1 cm³/mol. The lowest BCUT2D eigenvalue weighted by Gasteiger charge is -2.31. The Kier molecular flexibility index (Phi) is 5.48. The van der Waals surface area contributed by atoms with Crippen LogP contribution in [0.25, 0.3) is 12.2 Å². The highest BCUT2D eigenvalue weighted by Crippen LogP contribution is 2.07. The summed E-state index contributed by atoms with van der Waals surface area (Å²) in [7, 11) is 2.04. The van der Waals surface area contributed by atoms with Crippen LogP contribution in [0.15, 0.2) is 30.2 Å². The molecule has 23 heavy (non-hydrogen) atoms. The highest BCUT2D eigenvalue weighted by atomic mass is 16.3. The molecule has 0 aliphatic carbocycles. The highest BCUT2D eigenvalue weighted by Gasteiger charge is 2.16. The summed E-state index contributed by atoms with van der Waals surface area (Å²) in [6.07, 6.45) is 5.95. The van der Waals surface area contributed by atoms with Crippen molar-refractivity contribution in [1.29, 1.82) is 0 Å². The van der Waals surface area contributed by atoms with Crippen LogP contribution in [0.3, 0.4) is 0 Å². The first-order valence-corrected chi connectivity index (χ1v) is 7.28. The summed E-state index contributed by atoms with van der Waals surface area (Å²) in [6.45, 7) is 3.22. The Labute approximate surface area is 134 Å². The third kappa shape index (κ3) is 4.93. The normalized spacial score (nSPS) is 16.7. The maximum atomic E-state index is 12.1. The van der Waals surface area contributed by atoms with Crippen molar-refractivity contribution in [2.45, 2.75) is 0 Å². The molecule has 1 aliphatic rings. The molecule has 3 N–H and O–H groups in total. The van der Waals surface area contributed by atoms with Gasteiger partial charge >= 0.3 is 0 Å². The van der Waals surface area contributed by atoms with Crippen molar-refractivity contribution in [3.63, 3.8) is 0 Å². The number of likely N-dealkylation sites (N-methyl/N-ethyl adjacent to an activating group) is 1. The fraction of sp³-hybridized carbons (Fsp3) is 0.312. The number of nitrogens with zero attached hydrogens (tertiary/aromatic N) is 3. The van der Waals surface area contributed by atoms with Crippen LogP contribution in [0.2, 0.25) is 0 Å². The van der Waals surface area contributed by atoms with Crippen molar-refractivity contribution in [3.05, 3.63) is 41.4 Å². The Bertz CT molecular complexity index is 629. The van der Waals surface area contributed by atoms with E-state index in [9.17, 15) is 14.7 Å². The minimum Gasteiger partial charge on any atom is -0.503 e. The van der Waals surface area contributed by atoms with Gasteiger partial charge in [-0.3, -0.25) is 14.6 Å². The van der Waals surface area contributed by atoms with Gasteiger partial charge in [-0.1, -0.05) is 6.07 Å². The van der Waals surface area contributed by atoms with Crippen molar-refractivity contribution >= 4 is 24.0 Å². The number of rotatable bonds is 4. The molecule has 7 nitrogen and oxygen atoms in total. The van der Waals surface area contributed by atoms with E-state index in [1.165, 1.54) is 12.2 Å². The fourth-order valence-corrected chi connectivity index (χ4v) is 2.11. The van der Waals surface area contributed by atoms with E-state index >= 15 is 0 Å². The lowest BCUT2D eigenvalue weighted by atomic mass is 10.2. The molecule has 0 unspecified atom stereocenters. The van der Waals surface area contributed by atoms with E-state index in [1.807, 2.05) is 11.9 Å². The van der Waals surface area contributed by atoms with E-state index in [4.69, 9.17) is 5.73 Å². The van der Waals surface area contributed by atoms with Gasteiger partial charge in [0.2, 0.25) is 5.91 Å². The van der Waals surface area contributed by atoms with Gasteiger partial charge in [0.25, 0.3) is 5.91 Å². The second-order valence-electron chi connectivity index (χ2n) is 5.37. The molecule has 0 bridgehead atoms. The molecule has 0 atom stereocenters. The number of hydrogen-bond donors (Lipinski definition) is 2. The molecule has 0 spiro atoms. The van der Waals surface area contributed by atoms with Gasteiger partial charge < -0.3 is 20.6 Å². The second kappa shape index (κ2) is 7.55. The minimum absolute atomic E-state index is 0.0200. The van der Waals surface area contributed by atoms with E-state index in [1.54, 1.807) is 24.4 Å². The first-order valence-electron chi connectivity index (χ1n) is 7.28. The van der Waals surface area contributed by atoms with E-state index in [0.29, 0.717) is 5.69 Å². The number of hydrogen-bond acceptors (Lipinski definition) is 5. The molecule has 1 saturated heterocycles. The summed E-state index contributed by atoms with van der Waals surface area (Å²) in [6, 6.07) is 3.36. The van der Waals surface area contributed by atoms with Gasteiger partial charge in [0.1, 0.15) is 0 Å². The van der Waals surface area contributed by atoms with Crippen molar-refractivity contribution in [1.82, 2.24) is 14.8 Å². The third-order valence-corrected chi connectivity index (χ3v) is 3.58. The average Bonchev–Trinajstić information content (AvgIpc) is 2.54. The molecule has 1 aliphatic heterocycles. The second-order valence-corrected chi connectivity index (χ2v) is 5.37. The highest BCUT2D eigenvalue weighted by molar-refractivity contribution is 5.94. The zero-order valence-electron chi connectivity index (χ0n) is 13.0. The molecule has 2 rings (SSSR count). The molecule has 2 heterocycles. The summed E-state index contributed by atoms with van der Waals surface area (Å²) in [5.41, 5.74) is 6.09. The van der Waals surface area contributed by atoms with Crippen molar-refractivity contribution in [2.24, 2.45) is 5.73 Å². The zero-order valence-corrected chi connectivity index (χ0v) is 13.0. The molecule has 7 heteroatoms. The maximum Gasteiger partial charge on any atom is 0.283 e. The molecule has 122 valence electrons. The number of nitrogens with two attached hydrogens (primary N) is 1. The standard InChI is InChI=1S/C16H20N4O3/c1-19-6-8-20(9-7-19)15(22)5-3-12-2-4-13(18-11-12)10-14(21)16(17)23/h2-5,10-11,21H,6-9H2,1H3,(H2,17,23)/b5-3+,14-10-. The van der Waals surface area contributed by atoms with Crippen LogP contribution in [0.1, 0.15) is 11.3 Å². The topological polar surface area (TPSA) is 99.8 Å². The summed E-state index contributed by atoms with van der Waals surface area (Å²) in [4.78, 5) is 30.9. The zero-order chi connectivity index (χ0) is 16.8. The average molecular weight is 316 g/mol. The monoisotopic (exact) mass is 316 g/mol. The number of piperazine rings is 1. The Hall–Kier alpha value is -2.67. The van der Waals surface area contributed by atoms with E-state index in [2.05, 4.69) is 9.88 Å². The Balaban J connectivity index is 1.96. The summed E-state index contributed by atoms with van der Waals surface area (Å²) < 4.78 is 0. The van der Waals surface area contributed by atoms with E-state index < -0.39 is 11.7 Å². The molecule has 1 aromatic heterocycles. The molecule has 1 aromatic rings. The van der Waals surface area contributed by atoms with E-state index in [0.717, 1.165) is 31.7 Å².